The van der Waals surface area contributed by atoms with Gasteiger partial charge in [0.25, 0.3) is 5.91 Å². The van der Waals surface area contributed by atoms with Gasteiger partial charge in [0.05, 0.1) is 38.9 Å². The Hall–Kier alpha value is -4.33. The van der Waals surface area contributed by atoms with Crippen molar-refractivity contribution in [3.05, 3.63) is 89.0 Å². The quantitative estimate of drug-likeness (QED) is 0.442. The Morgan fingerprint density at radius 2 is 1.75 bits per heavy atom. The third-order valence-electron chi connectivity index (χ3n) is 6.05. The van der Waals surface area contributed by atoms with E-state index >= 15 is 0 Å². The molecular weight excluding hydrogens is 460 g/mol. The second kappa shape index (κ2) is 10.9. The number of esters is 1. The van der Waals surface area contributed by atoms with Gasteiger partial charge in [-0.1, -0.05) is 30.3 Å². The first-order valence-corrected chi connectivity index (χ1v) is 11.6. The number of ether oxygens (including phenoxy) is 3. The molecular formula is C28H28N2O6. The molecule has 1 aliphatic heterocycles. The van der Waals surface area contributed by atoms with Gasteiger partial charge in [-0.25, -0.2) is 4.79 Å². The van der Waals surface area contributed by atoms with Crippen LogP contribution in [0.4, 0.5) is 5.69 Å². The molecule has 0 aliphatic carbocycles. The van der Waals surface area contributed by atoms with Gasteiger partial charge in [-0.3, -0.25) is 9.59 Å². The summed E-state index contributed by atoms with van der Waals surface area (Å²) in [7, 11) is 3.09. The summed E-state index contributed by atoms with van der Waals surface area (Å²) in [5.74, 6) is 0.155. The van der Waals surface area contributed by atoms with Crippen LogP contribution in [0.15, 0.2) is 66.7 Å². The molecule has 1 aliphatic rings. The van der Waals surface area contributed by atoms with Gasteiger partial charge in [0, 0.05) is 17.8 Å². The first-order valence-electron chi connectivity index (χ1n) is 11.6. The Labute approximate surface area is 209 Å². The standard InChI is InChI=1S/C28H28N2O6/c1-4-36-28(33)19-9-7-10-21(14-19)29-26(31)16-23(18-12-13-24(34-2)25(15-18)35-3)30-17-20-8-5-6-11-22(20)27(30)32/h5-15,23H,4,16-17H2,1-3H3,(H,29,31)/t23-/m1/s1. The van der Waals surface area contributed by atoms with E-state index in [0.29, 0.717) is 34.9 Å². The molecule has 1 N–H and O–H groups in total. The SMILES string of the molecule is CCOC(=O)c1cccc(NC(=O)C[C@H](c2ccc(OC)c(OC)c2)N2Cc3ccccc3C2=O)c1. The summed E-state index contributed by atoms with van der Waals surface area (Å²) >= 11 is 0. The van der Waals surface area contributed by atoms with Crippen LogP contribution in [0.3, 0.4) is 0 Å². The van der Waals surface area contributed by atoms with Gasteiger partial charge in [0.1, 0.15) is 0 Å². The largest absolute Gasteiger partial charge is 0.493 e. The Kier molecular flexibility index (Phi) is 7.53. The topological polar surface area (TPSA) is 94.2 Å². The first-order chi connectivity index (χ1) is 17.4. The van der Waals surface area contributed by atoms with Gasteiger partial charge >= 0.3 is 5.97 Å². The highest BCUT2D eigenvalue weighted by atomic mass is 16.5. The first kappa shape index (κ1) is 24.8. The van der Waals surface area contributed by atoms with Crippen molar-refractivity contribution in [2.75, 3.05) is 26.1 Å². The molecule has 186 valence electrons. The molecule has 4 rings (SSSR count). The van der Waals surface area contributed by atoms with Gasteiger partial charge in [0.2, 0.25) is 5.91 Å². The van der Waals surface area contributed by atoms with Crippen molar-refractivity contribution in [2.45, 2.75) is 25.9 Å². The van der Waals surface area contributed by atoms with Crippen LogP contribution < -0.4 is 14.8 Å². The van der Waals surface area contributed by atoms with E-state index < -0.39 is 12.0 Å². The summed E-state index contributed by atoms with van der Waals surface area (Å²) in [6, 6.07) is 18.8. The molecule has 0 radical (unpaired) electrons. The predicted octanol–water partition coefficient (Wildman–Crippen LogP) is 4.61. The lowest BCUT2D eigenvalue weighted by Gasteiger charge is -2.28. The lowest BCUT2D eigenvalue weighted by Crippen LogP contribution is -2.32. The zero-order valence-corrected chi connectivity index (χ0v) is 20.4. The highest BCUT2D eigenvalue weighted by Gasteiger charge is 2.35. The lowest BCUT2D eigenvalue weighted by molar-refractivity contribution is -0.117. The van der Waals surface area contributed by atoms with Gasteiger partial charge in [-0.15, -0.1) is 0 Å². The van der Waals surface area contributed by atoms with E-state index in [1.54, 1.807) is 61.4 Å². The van der Waals surface area contributed by atoms with Crippen LogP contribution in [0.5, 0.6) is 11.5 Å². The van der Waals surface area contributed by atoms with E-state index in [0.717, 1.165) is 11.1 Å². The highest BCUT2D eigenvalue weighted by Crippen LogP contribution is 2.37. The molecule has 2 amide bonds. The summed E-state index contributed by atoms with van der Waals surface area (Å²) in [5, 5.41) is 2.85. The number of hydrogen-bond donors (Lipinski definition) is 1. The minimum Gasteiger partial charge on any atom is -0.493 e. The summed E-state index contributed by atoms with van der Waals surface area (Å²) in [6.07, 6.45) is -0.00115. The summed E-state index contributed by atoms with van der Waals surface area (Å²) in [6.45, 7) is 2.38. The fourth-order valence-corrected chi connectivity index (χ4v) is 4.32. The number of rotatable bonds is 9. The second-order valence-corrected chi connectivity index (χ2v) is 8.27. The summed E-state index contributed by atoms with van der Waals surface area (Å²) in [4.78, 5) is 40.3. The van der Waals surface area contributed by atoms with E-state index in [4.69, 9.17) is 14.2 Å². The van der Waals surface area contributed by atoms with Crippen molar-refractivity contribution in [3.8, 4) is 11.5 Å². The maximum atomic E-state index is 13.3. The molecule has 3 aromatic rings. The van der Waals surface area contributed by atoms with Crippen molar-refractivity contribution in [1.82, 2.24) is 4.90 Å². The van der Waals surface area contributed by atoms with Crippen LogP contribution in [-0.4, -0.2) is 43.5 Å². The molecule has 8 heteroatoms. The molecule has 36 heavy (non-hydrogen) atoms. The van der Waals surface area contributed by atoms with E-state index in [2.05, 4.69) is 5.32 Å². The van der Waals surface area contributed by atoms with Crippen LogP contribution >= 0.6 is 0 Å². The van der Waals surface area contributed by atoms with E-state index in [9.17, 15) is 14.4 Å². The summed E-state index contributed by atoms with van der Waals surface area (Å²) < 4.78 is 15.9. The molecule has 0 saturated heterocycles. The maximum absolute atomic E-state index is 13.3. The van der Waals surface area contributed by atoms with Crippen molar-refractivity contribution in [3.63, 3.8) is 0 Å². The fourth-order valence-electron chi connectivity index (χ4n) is 4.32. The number of amides is 2. The summed E-state index contributed by atoms with van der Waals surface area (Å²) in [5.41, 5.74) is 3.09. The van der Waals surface area contributed by atoms with Gasteiger partial charge in [0.15, 0.2) is 11.5 Å². The fraction of sp³-hybridized carbons (Fsp3) is 0.250. The molecule has 8 nitrogen and oxygen atoms in total. The minimum atomic E-state index is -0.557. The molecule has 0 aromatic heterocycles. The molecule has 0 unspecified atom stereocenters. The van der Waals surface area contributed by atoms with Crippen molar-refractivity contribution >= 4 is 23.5 Å². The number of hydrogen-bond acceptors (Lipinski definition) is 6. The molecule has 0 saturated carbocycles. The zero-order chi connectivity index (χ0) is 25.7. The number of carbonyl (C=O) groups excluding carboxylic acids is 3. The lowest BCUT2D eigenvalue weighted by atomic mass is 10.0. The van der Waals surface area contributed by atoms with Crippen molar-refractivity contribution in [1.29, 1.82) is 0 Å². The predicted molar refractivity (Wildman–Crippen MR) is 134 cm³/mol. The Morgan fingerprint density at radius 1 is 0.972 bits per heavy atom. The van der Waals surface area contributed by atoms with E-state index in [-0.39, 0.29) is 24.8 Å². The van der Waals surface area contributed by atoms with Crippen LogP contribution in [0, 0.1) is 0 Å². The van der Waals surface area contributed by atoms with Crippen molar-refractivity contribution in [2.24, 2.45) is 0 Å². The molecule has 3 aromatic carbocycles. The molecule has 1 heterocycles. The Bertz CT molecular complexity index is 1290. The molecule has 0 spiro atoms. The molecule has 1 atom stereocenters. The monoisotopic (exact) mass is 488 g/mol. The Balaban J connectivity index is 1.61. The highest BCUT2D eigenvalue weighted by molar-refractivity contribution is 5.99. The average molecular weight is 489 g/mol. The van der Waals surface area contributed by atoms with Gasteiger partial charge in [-0.05, 0) is 54.4 Å². The average Bonchev–Trinajstić information content (AvgIpc) is 3.23. The number of anilines is 1. The number of benzene rings is 3. The Morgan fingerprint density at radius 3 is 2.47 bits per heavy atom. The number of methoxy groups -OCH3 is 2. The van der Waals surface area contributed by atoms with E-state index in [1.807, 2.05) is 24.3 Å². The smallest absolute Gasteiger partial charge is 0.338 e. The maximum Gasteiger partial charge on any atom is 0.338 e. The van der Waals surface area contributed by atoms with Crippen LogP contribution in [-0.2, 0) is 16.1 Å². The number of carbonyl (C=O) groups is 3. The van der Waals surface area contributed by atoms with Crippen LogP contribution in [0.1, 0.15) is 51.2 Å². The van der Waals surface area contributed by atoms with Gasteiger partial charge < -0.3 is 24.4 Å². The zero-order valence-electron chi connectivity index (χ0n) is 20.4. The minimum absolute atomic E-state index is 0.00115. The number of nitrogens with zero attached hydrogens (tertiary/aromatic N) is 1. The normalized spacial score (nSPS) is 13.1. The number of fused-ring (bicyclic) bond motifs is 1. The number of nitrogens with one attached hydrogen (secondary N) is 1. The van der Waals surface area contributed by atoms with Crippen LogP contribution in [0.2, 0.25) is 0 Å². The van der Waals surface area contributed by atoms with Crippen LogP contribution in [0.25, 0.3) is 0 Å². The second-order valence-electron chi connectivity index (χ2n) is 8.27. The molecule has 0 fully saturated rings. The third kappa shape index (κ3) is 5.17. The molecule has 0 bridgehead atoms. The van der Waals surface area contributed by atoms with Crippen molar-refractivity contribution < 1.29 is 28.6 Å². The van der Waals surface area contributed by atoms with Gasteiger partial charge in [-0.2, -0.15) is 0 Å². The van der Waals surface area contributed by atoms with E-state index in [1.165, 1.54) is 7.11 Å². The third-order valence-corrected chi connectivity index (χ3v) is 6.05.